The quantitative estimate of drug-likeness (QED) is 0.756. The van der Waals surface area contributed by atoms with Crippen LogP contribution in [0, 0.1) is 6.92 Å². The van der Waals surface area contributed by atoms with Crippen LogP contribution in [-0.4, -0.2) is 10.1 Å². The molecule has 1 aromatic heterocycles. The second-order valence-electron chi connectivity index (χ2n) is 4.84. The van der Waals surface area contributed by atoms with Crippen LogP contribution in [-0.2, 0) is 6.61 Å². The maximum absolute atomic E-state index is 9.54. The highest BCUT2D eigenvalue weighted by molar-refractivity contribution is 9.10. The number of pyridine rings is 1. The highest BCUT2D eigenvalue weighted by Crippen LogP contribution is 2.32. The predicted octanol–water partition coefficient (Wildman–Crippen LogP) is 4.59. The SMILES string of the molecule is Cc1ccc(Oc2nc3ccccc3cc2CO)c(Br)c1. The molecule has 0 saturated heterocycles. The molecule has 106 valence electrons. The van der Waals surface area contributed by atoms with Gasteiger partial charge in [0, 0.05) is 10.9 Å². The number of ether oxygens (including phenoxy) is 1. The van der Waals surface area contributed by atoms with E-state index in [9.17, 15) is 5.11 Å². The Hall–Kier alpha value is -1.91. The third-order valence-corrected chi connectivity index (χ3v) is 3.85. The van der Waals surface area contributed by atoms with Gasteiger partial charge in [-0.3, -0.25) is 0 Å². The normalized spacial score (nSPS) is 10.8. The topological polar surface area (TPSA) is 42.4 Å². The third kappa shape index (κ3) is 2.91. The second kappa shape index (κ2) is 5.84. The summed E-state index contributed by atoms with van der Waals surface area (Å²) in [7, 11) is 0. The van der Waals surface area contributed by atoms with E-state index in [1.165, 1.54) is 0 Å². The smallest absolute Gasteiger partial charge is 0.225 e. The predicted molar refractivity (Wildman–Crippen MR) is 86.6 cm³/mol. The molecule has 0 unspecified atom stereocenters. The summed E-state index contributed by atoms with van der Waals surface area (Å²) in [4.78, 5) is 4.50. The second-order valence-corrected chi connectivity index (χ2v) is 5.69. The molecule has 3 nitrogen and oxygen atoms in total. The van der Waals surface area contributed by atoms with Crippen LogP contribution >= 0.6 is 15.9 Å². The van der Waals surface area contributed by atoms with Crippen molar-refractivity contribution in [1.29, 1.82) is 0 Å². The summed E-state index contributed by atoms with van der Waals surface area (Å²) in [6, 6.07) is 15.5. The zero-order valence-corrected chi connectivity index (χ0v) is 13.1. The van der Waals surface area contributed by atoms with Crippen molar-refractivity contribution in [1.82, 2.24) is 4.98 Å². The zero-order chi connectivity index (χ0) is 14.8. The fourth-order valence-corrected chi connectivity index (χ4v) is 2.71. The first kappa shape index (κ1) is 14.0. The Balaban J connectivity index is 2.06. The molecule has 0 spiro atoms. The largest absolute Gasteiger partial charge is 0.437 e. The van der Waals surface area contributed by atoms with Crippen LogP contribution in [0.1, 0.15) is 11.1 Å². The summed E-state index contributed by atoms with van der Waals surface area (Å²) in [6.45, 7) is 1.90. The molecule has 3 rings (SSSR count). The minimum absolute atomic E-state index is 0.114. The van der Waals surface area contributed by atoms with Crippen LogP contribution in [0.2, 0.25) is 0 Å². The lowest BCUT2D eigenvalue weighted by molar-refractivity contribution is 0.275. The number of benzene rings is 2. The lowest BCUT2D eigenvalue weighted by Gasteiger charge is -2.11. The van der Waals surface area contributed by atoms with E-state index in [1.54, 1.807) is 0 Å². The Labute approximate surface area is 131 Å². The highest BCUT2D eigenvalue weighted by atomic mass is 79.9. The molecule has 0 aliphatic rings. The molecule has 0 saturated carbocycles. The van der Waals surface area contributed by atoms with E-state index in [1.807, 2.05) is 55.5 Å². The van der Waals surface area contributed by atoms with Gasteiger partial charge in [0.05, 0.1) is 16.6 Å². The van der Waals surface area contributed by atoms with E-state index in [0.717, 1.165) is 20.9 Å². The van der Waals surface area contributed by atoms with Crippen LogP contribution < -0.4 is 4.74 Å². The molecule has 0 aliphatic heterocycles. The average Bonchev–Trinajstić information content (AvgIpc) is 2.49. The van der Waals surface area contributed by atoms with Gasteiger partial charge < -0.3 is 9.84 Å². The third-order valence-electron chi connectivity index (χ3n) is 3.23. The van der Waals surface area contributed by atoms with Gasteiger partial charge >= 0.3 is 0 Å². The molecule has 0 radical (unpaired) electrons. The lowest BCUT2D eigenvalue weighted by atomic mass is 10.1. The maximum Gasteiger partial charge on any atom is 0.225 e. The van der Waals surface area contributed by atoms with E-state index in [2.05, 4.69) is 20.9 Å². The van der Waals surface area contributed by atoms with Gasteiger partial charge in [-0.15, -0.1) is 0 Å². The number of para-hydroxylation sites is 1. The summed E-state index contributed by atoms with van der Waals surface area (Å²) in [5.74, 6) is 1.11. The van der Waals surface area contributed by atoms with Crippen molar-refractivity contribution in [2.75, 3.05) is 0 Å². The molecule has 21 heavy (non-hydrogen) atoms. The Morgan fingerprint density at radius 2 is 1.95 bits per heavy atom. The fraction of sp³-hybridized carbons (Fsp3) is 0.118. The van der Waals surface area contributed by atoms with Gasteiger partial charge in [0.15, 0.2) is 0 Å². The van der Waals surface area contributed by atoms with Gasteiger partial charge in [0.2, 0.25) is 5.88 Å². The fourth-order valence-electron chi connectivity index (χ4n) is 2.14. The number of aryl methyl sites for hydroxylation is 1. The highest BCUT2D eigenvalue weighted by Gasteiger charge is 2.10. The molecule has 0 amide bonds. The number of aliphatic hydroxyl groups is 1. The van der Waals surface area contributed by atoms with Crippen LogP contribution in [0.5, 0.6) is 11.6 Å². The Morgan fingerprint density at radius 1 is 1.14 bits per heavy atom. The number of nitrogens with zero attached hydrogens (tertiary/aromatic N) is 1. The van der Waals surface area contributed by atoms with E-state index in [-0.39, 0.29) is 6.61 Å². The molecule has 0 fully saturated rings. The van der Waals surface area contributed by atoms with Crippen LogP contribution in [0.4, 0.5) is 0 Å². The van der Waals surface area contributed by atoms with E-state index >= 15 is 0 Å². The van der Waals surface area contributed by atoms with E-state index < -0.39 is 0 Å². The van der Waals surface area contributed by atoms with Gasteiger partial charge in [0.25, 0.3) is 0 Å². The number of aromatic nitrogens is 1. The van der Waals surface area contributed by atoms with E-state index in [4.69, 9.17) is 4.74 Å². The summed E-state index contributed by atoms with van der Waals surface area (Å²) in [5.41, 5.74) is 2.65. The standard InChI is InChI=1S/C17H14BrNO2/c1-11-6-7-16(14(18)8-11)21-17-13(10-20)9-12-4-2-3-5-15(12)19-17/h2-9,20H,10H2,1H3. The summed E-state index contributed by atoms with van der Waals surface area (Å²) in [5, 5.41) is 10.5. The molecule has 0 atom stereocenters. The molecule has 4 heteroatoms. The summed E-state index contributed by atoms with van der Waals surface area (Å²) >= 11 is 3.49. The molecule has 1 heterocycles. The van der Waals surface area contributed by atoms with Gasteiger partial charge in [-0.2, -0.15) is 0 Å². The van der Waals surface area contributed by atoms with Crippen molar-refractivity contribution >= 4 is 26.8 Å². The van der Waals surface area contributed by atoms with Crippen molar-refractivity contribution < 1.29 is 9.84 Å². The van der Waals surface area contributed by atoms with Crippen molar-refractivity contribution in [2.45, 2.75) is 13.5 Å². The number of rotatable bonds is 3. The van der Waals surface area contributed by atoms with E-state index in [0.29, 0.717) is 17.2 Å². The molecule has 0 aliphatic carbocycles. The number of hydrogen-bond acceptors (Lipinski definition) is 3. The van der Waals surface area contributed by atoms with Crippen molar-refractivity contribution in [3.63, 3.8) is 0 Å². The van der Waals surface area contributed by atoms with Crippen molar-refractivity contribution in [3.8, 4) is 11.6 Å². The molecule has 2 aromatic carbocycles. The molecular formula is C17H14BrNO2. The molecular weight excluding hydrogens is 330 g/mol. The Morgan fingerprint density at radius 3 is 2.71 bits per heavy atom. The average molecular weight is 344 g/mol. The molecule has 0 bridgehead atoms. The maximum atomic E-state index is 9.54. The van der Waals surface area contributed by atoms with Crippen LogP contribution in [0.25, 0.3) is 10.9 Å². The van der Waals surface area contributed by atoms with Gasteiger partial charge in [0.1, 0.15) is 5.75 Å². The minimum Gasteiger partial charge on any atom is -0.437 e. The summed E-state index contributed by atoms with van der Waals surface area (Å²) in [6.07, 6.45) is 0. The number of hydrogen-bond donors (Lipinski definition) is 1. The van der Waals surface area contributed by atoms with Crippen molar-refractivity contribution in [2.24, 2.45) is 0 Å². The Bertz CT molecular complexity index is 802. The van der Waals surface area contributed by atoms with Gasteiger partial charge in [-0.25, -0.2) is 4.98 Å². The number of aliphatic hydroxyl groups excluding tert-OH is 1. The molecule has 3 aromatic rings. The molecule has 1 N–H and O–H groups in total. The minimum atomic E-state index is -0.114. The lowest BCUT2D eigenvalue weighted by Crippen LogP contribution is -1.96. The van der Waals surface area contributed by atoms with Crippen LogP contribution in [0.15, 0.2) is 53.0 Å². The first-order valence-corrected chi connectivity index (χ1v) is 7.40. The first-order valence-electron chi connectivity index (χ1n) is 6.61. The first-order chi connectivity index (χ1) is 10.2. The van der Waals surface area contributed by atoms with Crippen molar-refractivity contribution in [3.05, 3.63) is 64.1 Å². The van der Waals surface area contributed by atoms with Gasteiger partial charge in [-0.05, 0) is 52.7 Å². The monoisotopic (exact) mass is 343 g/mol. The van der Waals surface area contributed by atoms with Gasteiger partial charge in [-0.1, -0.05) is 24.3 Å². The van der Waals surface area contributed by atoms with Crippen LogP contribution in [0.3, 0.4) is 0 Å². The number of halogens is 1. The summed E-state index contributed by atoms with van der Waals surface area (Å²) < 4.78 is 6.74. The number of fused-ring (bicyclic) bond motifs is 1. The zero-order valence-electron chi connectivity index (χ0n) is 11.5. The Kier molecular flexibility index (Phi) is 3.90.